The van der Waals surface area contributed by atoms with E-state index in [4.69, 9.17) is 5.11 Å². The summed E-state index contributed by atoms with van der Waals surface area (Å²) in [4.78, 5) is 8.24. The van der Waals surface area contributed by atoms with E-state index in [1.54, 1.807) is 36.0 Å². The average Bonchev–Trinajstić information content (AvgIpc) is 3.43. The number of aromatic nitrogens is 1. The standard InChI is InChI=1S/C22H26N4O3S3.ClH/c1-15-4-2-6-18(12-15)32(28,29)26(30)20-7-3-5-16-13-19(25-21(16)20)22-24-14-17(31-22)8-9-23-10-11-27;/h2-7,12-13,17,23,25,27,30H,8-11,14H2,1H3;1H. The van der Waals surface area contributed by atoms with Crippen LogP contribution in [0.15, 0.2) is 58.4 Å². The summed E-state index contributed by atoms with van der Waals surface area (Å²) in [5.74, 6) is 0. The van der Waals surface area contributed by atoms with Gasteiger partial charge in [0.15, 0.2) is 0 Å². The number of nitrogens with one attached hydrogen (secondary N) is 2. The Morgan fingerprint density at radius 1 is 1.24 bits per heavy atom. The summed E-state index contributed by atoms with van der Waals surface area (Å²) < 4.78 is 27.4. The Kier molecular flexibility index (Phi) is 8.76. The molecule has 4 rings (SSSR count). The van der Waals surface area contributed by atoms with Crippen molar-refractivity contribution in [1.29, 1.82) is 0 Å². The number of thioether (sulfide) groups is 1. The molecular formula is C22H27ClN4O3S3. The number of aromatic amines is 1. The lowest BCUT2D eigenvalue weighted by Crippen LogP contribution is -2.22. The molecule has 0 saturated carbocycles. The summed E-state index contributed by atoms with van der Waals surface area (Å²) in [6.45, 7) is 4.17. The fourth-order valence-corrected chi connectivity index (χ4v) is 6.34. The summed E-state index contributed by atoms with van der Waals surface area (Å²) in [5.41, 5.74) is 2.90. The molecule has 1 atom stereocenters. The van der Waals surface area contributed by atoms with Gasteiger partial charge in [-0.25, -0.2) is 12.1 Å². The monoisotopic (exact) mass is 526 g/mol. The number of aliphatic imine (C=N–C) groups is 1. The van der Waals surface area contributed by atoms with E-state index in [1.807, 2.05) is 31.2 Å². The quantitative estimate of drug-likeness (QED) is 0.251. The number of halogens is 1. The molecular weight excluding hydrogens is 500 g/mol. The fraction of sp³-hybridized carbons (Fsp3) is 0.318. The molecule has 0 fully saturated rings. The maximum atomic E-state index is 13.2. The van der Waals surface area contributed by atoms with E-state index >= 15 is 0 Å². The highest BCUT2D eigenvalue weighted by atomic mass is 35.5. The third kappa shape index (κ3) is 5.70. The third-order valence-electron chi connectivity index (χ3n) is 5.23. The zero-order valence-electron chi connectivity index (χ0n) is 18.1. The van der Waals surface area contributed by atoms with Gasteiger partial charge >= 0.3 is 0 Å². The van der Waals surface area contributed by atoms with Crippen LogP contribution in [0, 0.1) is 6.92 Å². The fourth-order valence-electron chi connectivity index (χ4n) is 3.60. The van der Waals surface area contributed by atoms with Crippen molar-refractivity contribution >= 4 is 68.6 Å². The second-order valence-electron chi connectivity index (χ2n) is 7.64. The molecule has 0 aliphatic carbocycles. The highest BCUT2D eigenvalue weighted by molar-refractivity contribution is 8.15. The second kappa shape index (κ2) is 11.2. The molecule has 1 aromatic heterocycles. The minimum absolute atomic E-state index is 0. The van der Waals surface area contributed by atoms with Crippen LogP contribution in [0.5, 0.6) is 0 Å². The van der Waals surface area contributed by atoms with Crippen molar-refractivity contribution in [3.05, 3.63) is 59.8 Å². The lowest BCUT2D eigenvalue weighted by Gasteiger charge is -2.19. The Morgan fingerprint density at radius 2 is 2.03 bits per heavy atom. The van der Waals surface area contributed by atoms with Crippen LogP contribution in [0.4, 0.5) is 5.69 Å². The molecule has 178 valence electrons. The van der Waals surface area contributed by atoms with E-state index < -0.39 is 10.0 Å². The molecule has 1 aliphatic heterocycles. The van der Waals surface area contributed by atoms with Crippen molar-refractivity contribution in [3.63, 3.8) is 0 Å². The van der Waals surface area contributed by atoms with Crippen molar-refractivity contribution in [2.24, 2.45) is 4.99 Å². The highest BCUT2D eigenvalue weighted by Crippen LogP contribution is 2.35. The molecule has 11 heteroatoms. The molecule has 0 saturated heterocycles. The van der Waals surface area contributed by atoms with Crippen molar-refractivity contribution in [1.82, 2.24) is 10.3 Å². The number of sulfonamides is 1. The first-order valence-electron chi connectivity index (χ1n) is 10.4. The Labute approximate surface area is 210 Å². The number of hydrogen-bond acceptors (Lipinski definition) is 7. The lowest BCUT2D eigenvalue weighted by molar-refractivity contribution is 0.292. The molecule has 7 nitrogen and oxygen atoms in total. The lowest BCUT2D eigenvalue weighted by atomic mass is 10.2. The number of aliphatic hydroxyl groups excluding tert-OH is 1. The number of fused-ring (bicyclic) bond motifs is 1. The molecule has 2 heterocycles. The largest absolute Gasteiger partial charge is 0.395 e. The number of thiol groups is 1. The number of anilines is 1. The molecule has 0 bridgehead atoms. The number of benzene rings is 2. The van der Waals surface area contributed by atoms with Crippen LogP contribution >= 0.6 is 37.0 Å². The maximum Gasteiger partial charge on any atom is 0.273 e. The summed E-state index contributed by atoms with van der Waals surface area (Å²) in [5, 5.41) is 14.3. The van der Waals surface area contributed by atoms with Gasteiger partial charge in [0, 0.05) is 17.2 Å². The second-order valence-corrected chi connectivity index (χ2v) is 11.4. The molecule has 3 N–H and O–H groups in total. The van der Waals surface area contributed by atoms with Gasteiger partial charge in [0.25, 0.3) is 10.0 Å². The first-order valence-corrected chi connectivity index (χ1v) is 13.1. The van der Waals surface area contributed by atoms with Crippen molar-refractivity contribution in [2.75, 3.05) is 30.0 Å². The predicted molar refractivity (Wildman–Crippen MR) is 143 cm³/mol. The zero-order chi connectivity index (χ0) is 22.7. The highest BCUT2D eigenvalue weighted by Gasteiger charge is 2.26. The van der Waals surface area contributed by atoms with Gasteiger partial charge in [0.05, 0.1) is 34.9 Å². The van der Waals surface area contributed by atoms with Crippen LogP contribution in [0.2, 0.25) is 0 Å². The van der Waals surface area contributed by atoms with Crippen LogP contribution in [0.3, 0.4) is 0 Å². The first-order chi connectivity index (χ1) is 15.4. The van der Waals surface area contributed by atoms with Gasteiger partial charge in [-0.15, -0.1) is 12.4 Å². The summed E-state index contributed by atoms with van der Waals surface area (Å²) >= 11 is 6.10. The van der Waals surface area contributed by atoms with Crippen molar-refractivity contribution in [2.45, 2.75) is 23.5 Å². The summed E-state index contributed by atoms with van der Waals surface area (Å²) in [6, 6.07) is 14.3. The Hall–Kier alpha value is -1.69. The summed E-state index contributed by atoms with van der Waals surface area (Å²) in [7, 11) is -3.82. The zero-order valence-corrected chi connectivity index (χ0v) is 21.4. The van der Waals surface area contributed by atoms with Gasteiger partial charge in [0.1, 0.15) is 5.04 Å². The van der Waals surface area contributed by atoms with Crippen LogP contribution in [-0.4, -0.2) is 55.0 Å². The van der Waals surface area contributed by atoms with E-state index in [9.17, 15) is 8.42 Å². The van der Waals surface area contributed by atoms with Gasteiger partial charge in [-0.3, -0.25) is 4.99 Å². The molecule has 0 spiro atoms. The molecule has 33 heavy (non-hydrogen) atoms. The SMILES string of the molecule is Cc1cccc(S(=O)(=O)N(S)c2cccc3cc(C4=NCC(CCNCCO)S4)[nH]c23)c1.Cl. The van der Waals surface area contributed by atoms with E-state index in [2.05, 4.69) is 28.1 Å². The Balaban J connectivity index is 0.00000306. The van der Waals surface area contributed by atoms with Crippen molar-refractivity contribution in [3.8, 4) is 0 Å². The normalized spacial score (nSPS) is 16.0. The smallest absolute Gasteiger partial charge is 0.273 e. The molecule has 1 unspecified atom stereocenters. The van der Waals surface area contributed by atoms with Crippen LogP contribution in [-0.2, 0) is 10.0 Å². The average molecular weight is 527 g/mol. The molecule has 0 amide bonds. The molecule has 0 radical (unpaired) electrons. The molecule has 1 aliphatic rings. The number of aliphatic hydroxyl groups is 1. The minimum atomic E-state index is -3.82. The molecule has 3 aromatic rings. The van der Waals surface area contributed by atoms with Crippen LogP contribution < -0.4 is 9.03 Å². The van der Waals surface area contributed by atoms with Crippen LogP contribution in [0.25, 0.3) is 10.9 Å². The number of hydrogen-bond donors (Lipinski definition) is 4. The maximum absolute atomic E-state index is 13.2. The van der Waals surface area contributed by atoms with Gasteiger partial charge in [-0.05, 0) is 62.5 Å². The summed E-state index contributed by atoms with van der Waals surface area (Å²) in [6.07, 6.45) is 0.961. The number of H-pyrrole nitrogens is 1. The Bertz CT molecular complexity index is 1250. The van der Waals surface area contributed by atoms with Crippen molar-refractivity contribution < 1.29 is 13.5 Å². The van der Waals surface area contributed by atoms with Gasteiger partial charge in [0.2, 0.25) is 0 Å². The van der Waals surface area contributed by atoms with Gasteiger partial charge in [-0.2, -0.15) is 0 Å². The van der Waals surface area contributed by atoms with E-state index in [0.29, 0.717) is 23.0 Å². The topological polar surface area (TPSA) is 97.8 Å². The molecule has 2 aromatic carbocycles. The third-order valence-corrected chi connectivity index (χ3v) is 8.89. The van der Waals surface area contributed by atoms with Gasteiger partial charge < -0.3 is 15.4 Å². The number of para-hydroxylation sites is 1. The van der Waals surface area contributed by atoms with E-state index in [0.717, 1.165) is 44.9 Å². The Morgan fingerprint density at radius 3 is 2.79 bits per heavy atom. The predicted octanol–water partition coefficient (Wildman–Crippen LogP) is 3.77. The van der Waals surface area contributed by atoms with Crippen LogP contribution in [0.1, 0.15) is 17.7 Å². The minimum Gasteiger partial charge on any atom is -0.395 e. The number of nitrogens with zero attached hydrogens (tertiary/aromatic N) is 2. The van der Waals surface area contributed by atoms with E-state index in [-0.39, 0.29) is 23.9 Å². The number of rotatable bonds is 9. The first kappa shape index (κ1) is 25.9. The van der Waals surface area contributed by atoms with E-state index in [1.165, 1.54) is 0 Å². The number of aryl methyl sites for hydroxylation is 1. The van der Waals surface area contributed by atoms with Gasteiger partial charge in [-0.1, -0.05) is 36.0 Å².